The molecule has 9 nitrogen and oxygen atoms in total. The van der Waals surface area contributed by atoms with E-state index >= 15 is 0 Å². The zero-order valence-electron chi connectivity index (χ0n) is 14.2. The summed E-state index contributed by atoms with van der Waals surface area (Å²) in [7, 11) is 3.28. The molecule has 0 bridgehead atoms. The molecule has 6 N–H and O–H groups in total. The van der Waals surface area contributed by atoms with E-state index in [1.165, 1.54) is 0 Å². The van der Waals surface area contributed by atoms with Crippen LogP contribution >= 0.6 is 24.8 Å². The lowest BCUT2D eigenvalue weighted by atomic mass is 9.80. The van der Waals surface area contributed by atoms with Crippen molar-refractivity contribution in [2.24, 2.45) is 0 Å². The molecule has 0 spiro atoms. The van der Waals surface area contributed by atoms with Gasteiger partial charge in [0, 0.05) is 6.42 Å². The van der Waals surface area contributed by atoms with E-state index in [4.69, 9.17) is 14.2 Å². The van der Waals surface area contributed by atoms with Crippen LogP contribution in [0.5, 0.6) is 0 Å². The summed E-state index contributed by atoms with van der Waals surface area (Å²) in [5.74, 6) is -2.03. The lowest BCUT2D eigenvalue weighted by molar-refractivity contribution is -0.462. The third kappa shape index (κ3) is 3.65. The standard InChI is InChI=1S/C14H26N2O7.2ClH/c1-5-4-6(17)14(20)13(21-5)22-12-10(19)7(15-2)9(18)8(16-3)11(12)23-14;;/h5-13,15-20H,4H2,1-3H3;2*1H/t5-,6+,7-,8+,9+,10+,11-,12-,13+,14+;;/m1../s1. The van der Waals surface area contributed by atoms with Crippen LogP contribution in [0, 0.1) is 0 Å². The number of hydrogen-bond acceptors (Lipinski definition) is 9. The highest BCUT2D eigenvalue weighted by Gasteiger charge is 2.63. The van der Waals surface area contributed by atoms with Gasteiger partial charge in [0.15, 0.2) is 0 Å². The van der Waals surface area contributed by atoms with Crippen LogP contribution in [0.3, 0.4) is 0 Å². The Balaban J connectivity index is 0.00000156. The van der Waals surface area contributed by atoms with Gasteiger partial charge in [0.1, 0.15) is 24.4 Å². The number of ether oxygens (including phenoxy) is 3. The third-order valence-electron chi connectivity index (χ3n) is 5.12. The summed E-state index contributed by atoms with van der Waals surface area (Å²) < 4.78 is 17.0. The van der Waals surface area contributed by atoms with Crippen molar-refractivity contribution in [1.29, 1.82) is 0 Å². The molecular weight excluding hydrogens is 379 g/mol. The van der Waals surface area contributed by atoms with Crippen LogP contribution in [0.1, 0.15) is 13.3 Å². The molecule has 0 amide bonds. The van der Waals surface area contributed by atoms with Crippen LogP contribution in [0.25, 0.3) is 0 Å². The first-order chi connectivity index (χ1) is 10.8. The maximum atomic E-state index is 10.7. The van der Waals surface area contributed by atoms with E-state index in [1.807, 2.05) is 0 Å². The van der Waals surface area contributed by atoms with Crippen molar-refractivity contribution in [2.45, 2.75) is 74.1 Å². The molecule has 10 atom stereocenters. The average Bonchev–Trinajstić information content (AvgIpc) is 2.49. The summed E-state index contributed by atoms with van der Waals surface area (Å²) in [6.45, 7) is 1.76. The van der Waals surface area contributed by atoms with E-state index in [9.17, 15) is 20.4 Å². The van der Waals surface area contributed by atoms with Crippen LogP contribution in [-0.2, 0) is 14.2 Å². The molecule has 3 aliphatic rings. The topological polar surface area (TPSA) is 133 Å². The number of rotatable bonds is 2. The molecule has 0 unspecified atom stereocenters. The van der Waals surface area contributed by atoms with Gasteiger partial charge in [0.05, 0.1) is 24.3 Å². The van der Waals surface area contributed by atoms with E-state index in [2.05, 4.69) is 10.6 Å². The van der Waals surface area contributed by atoms with Crippen LogP contribution in [-0.4, -0.2) is 95.3 Å². The fourth-order valence-corrected chi connectivity index (χ4v) is 3.83. The molecule has 150 valence electrons. The van der Waals surface area contributed by atoms with Gasteiger partial charge in [-0.2, -0.15) is 0 Å². The fourth-order valence-electron chi connectivity index (χ4n) is 3.83. The van der Waals surface area contributed by atoms with E-state index in [0.29, 0.717) is 0 Å². The minimum atomic E-state index is -2.03. The summed E-state index contributed by atoms with van der Waals surface area (Å²) in [5, 5.41) is 47.7. The minimum Gasteiger partial charge on any atom is -0.390 e. The van der Waals surface area contributed by atoms with Gasteiger partial charge in [-0.3, -0.25) is 0 Å². The Morgan fingerprint density at radius 1 is 0.920 bits per heavy atom. The molecule has 2 aliphatic heterocycles. The van der Waals surface area contributed by atoms with E-state index in [1.54, 1.807) is 21.0 Å². The van der Waals surface area contributed by atoms with Crippen LogP contribution < -0.4 is 10.6 Å². The molecule has 1 aliphatic carbocycles. The molecule has 11 heteroatoms. The van der Waals surface area contributed by atoms with Crippen LogP contribution in [0.2, 0.25) is 0 Å². The molecule has 3 rings (SSSR count). The van der Waals surface area contributed by atoms with E-state index < -0.39 is 54.7 Å². The second kappa shape index (κ2) is 8.49. The van der Waals surface area contributed by atoms with Crippen LogP contribution in [0.15, 0.2) is 0 Å². The van der Waals surface area contributed by atoms with E-state index in [0.717, 1.165) is 0 Å². The summed E-state index contributed by atoms with van der Waals surface area (Å²) >= 11 is 0. The Hall–Kier alpha value is 0.220. The number of likely N-dealkylation sites (N-methyl/N-ethyl adjacent to an activating group) is 2. The van der Waals surface area contributed by atoms with Gasteiger partial charge in [-0.1, -0.05) is 0 Å². The number of nitrogens with one attached hydrogen (secondary N) is 2. The molecule has 25 heavy (non-hydrogen) atoms. The number of fused-ring (bicyclic) bond motifs is 2. The second-order valence-corrected chi connectivity index (χ2v) is 6.58. The molecule has 2 saturated heterocycles. The Kier molecular flexibility index (Phi) is 7.90. The Morgan fingerprint density at radius 2 is 1.52 bits per heavy atom. The predicted molar refractivity (Wildman–Crippen MR) is 91.9 cm³/mol. The number of hydrogen-bond donors (Lipinski definition) is 6. The van der Waals surface area contributed by atoms with Gasteiger partial charge in [-0.25, -0.2) is 0 Å². The fraction of sp³-hybridized carbons (Fsp3) is 1.00. The summed E-state index contributed by atoms with van der Waals surface area (Å²) in [6, 6.07) is -1.23. The van der Waals surface area contributed by atoms with Crippen molar-refractivity contribution in [3.05, 3.63) is 0 Å². The maximum Gasteiger partial charge on any atom is 0.245 e. The summed E-state index contributed by atoms with van der Waals surface area (Å²) in [5.41, 5.74) is 0. The largest absolute Gasteiger partial charge is 0.390 e. The quantitative estimate of drug-likeness (QED) is 0.299. The lowest BCUT2D eigenvalue weighted by Gasteiger charge is -2.57. The SMILES string of the molecule is CN[C@@H]1[C@H](O)[C@H](NC)[C@H]2O[C@]3(O)[C@H](O[C@@H]2[C@H]1O)O[C@H](C)C[C@@H]3O.Cl.Cl. The van der Waals surface area contributed by atoms with Crippen molar-refractivity contribution >= 4 is 24.8 Å². The lowest BCUT2D eigenvalue weighted by Crippen LogP contribution is -2.78. The third-order valence-corrected chi connectivity index (χ3v) is 5.12. The van der Waals surface area contributed by atoms with Gasteiger partial charge >= 0.3 is 0 Å². The van der Waals surface area contributed by atoms with Gasteiger partial charge < -0.3 is 45.3 Å². The Labute approximate surface area is 158 Å². The first-order valence-corrected chi connectivity index (χ1v) is 7.93. The molecule has 0 aromatic carbocycles. The molecule has 0 radical (unpaired) electrons. The molecule has 0 aromatic heterocycles. The Bertz CT molecular complexity index is 451. The Morgan fingerprint density at radius 3 is 2.08 bits per heavy atom. The van der Waals surface area contributed by atoms with Gasteiger partial charge in [-0.15, -0.1) is 24.8 Å². The smallest absolute Gasteiger partial charge is 0.245 e. The van der Waals surface area contributed by atoms with Crippen molar-refractivity contribution in [1.82, 2.24) is 10.6 Å². The van der Waals surface area contributed by atoms with Gasteiger partial charge in [-0.05, 0) is 21.0 Å². The molecule has 1 saturated carbocycles. The highest BCUT2D eigenvalue weighted by Crippen LogP contribution is 2.41. The first kappa shape index (κ1) is 23.3. The average molecular weight is 407 g/mol. The first-order valence-electron chi connectivity index (χ1n) is 7.93. The normalized spacial score (nSPS) is 52.2. The van der Waals surface area contributed by atoms with Gasteiger partial charge in [0.2, 0.25) is 12.1 Å². The highest BCUT2D eigenvalue weighted by molar-refractivity contribution is 5.85. The molecular formula is C14H28Cl2N2O7. The number of aliphatic hydroxyl groups excluding tert-OH is 3. The minimum absolute atomic E-state index is 0. The zero-order chi connectivity index (χ0) is 16.9. The monoisotopic (exact) mass is 406 g/mol. The van der Waals surface area contributed by atoms with Crippen molar-refractivity contribution < 1.29 is 34.6 Å². The maximum absolute atomic E-state index is 10.7. The van der Waals surface area contributed by atoms with Crippen LogP contribution in [0.4, 0.5) is 0 Å². The van der Waals surface area contributed by atoms with Gasteiger partial charge in [0.25, 0.3) is 0 Å². The highest BCUT2D eigenvalue weighted by atomic mass is 35.5. The summed E-state index contributed by atoms with van der Waals surface area (Å²) in [4.78, 5) is 0. The summed E-state index contributed by atoms with van der Waals surface area (Å²) in [6.07, 6.45) is -6.21. The second-order valence-electron chi connectivity index (χ2n) is 6.58. The predicted octanol–water partition coefficient (Wildman–Crippen LogP) is -2.29. The van der Waals surface area contributed by atoms with Crippen molar-refractivity contribution in [3.8, 4) is 0 Å². The zero-order valence-corrected chi connectivity index (χ0v) is 15.9. The molecule has 2 heterocycles. The number of halogens is 2. The van der Waals surface area contributed by atoms with Crippen molar-refractivity contribution in [3.63, 3.8) is 0 Å². The molecule has 0 aromatic rings. The van der Waals surface area contributed by atoms with E-state index in [-0.39, 0.29) is 37.3 Å². The molecule has 3 fully saturated rings. The van der Waals surface area contributed by atoms with Crippen molar-refractivity contribution in [2.75, 3.05) is 14.1 Å². The number of aliphatic hydroxyl groups is 4.